The van der Waals surface area contributed by atoms with Crippen LogP contribution in [0.2, 0.25) is 5.02 Å². The summed E-state index contributed by atoms with van der Waals surface area (Å²) in [6.07, 6.45) is 1.59. The number of ether oxygens (including phenoxy) is 1. The topological polar surface area (TPSA) is 118 Å². The molecule has 0 bridgehead atoms. The van der Waals surface area contributed by atoms with E-state index < -0.39 is 11.6 Å². The molecule has 0 aliphatic rings. The van der Waals surface area contributed by atoms with Crippen molar-refractivity contribution in [2.45, 2.75) is 39.5 Å². The molecule has 158 valence electrons. The summed E-state index contributed by atoms with van der Waals surface area (Å²) < 4.78 is 7.40. The average molecular weight is 429 g/mol. The summed E-state index contributed by atoms with van der Waals surface area (Å²) in [5.41, 5.74) is 6.46. The molecule has 2 aromatic heterocycles. The van der Waals surface area contributed by atoms with E-state index in [0.717, 1.165) is 5.56 Å². The molecule has 0 unspecified atom stereocenters. The Morgan fingerprint density at radius 1 is 1.37 bits per heavy atom. The molecule has 0 saturated heterocycles. The molecule has 1 amide bonds. The van der Waals surface area contributed by atoms with Crippen LogP contribution in [0.1, 0.15) is 44.3 Å². The molecule has 0 aliphatic carbocycles. The number of aromatic nitrogens is 3. The molecule has 1 aromatic carbocycles. The third-order valence-electron chi connectivity index (χ3n) is 4.22. The second-order valence-corrected chi connectivity index (χ2v) is 7.62. The number of halogens is 1. The van der Waals surface area contributed by atoms with E-state index in [1.165, 1.54) is 6.07 Å². The number of hydrogen-bond acceptors (Lipinski definition) is 6. The minimum Gasteiger partial charge on any atom is -0.374 e. The highest BCUT2D eigenvalue weighted by Gasteiger charge is 2.28. The van der Waals surface area contributed by atoms with Crippen molar-refractivity contribution in [3.05, 3.63) is 64.6 Å². The zero-order chi connectivity index (χ0) is 21.0. The normalized spacial score (nSPS) is 12.1. The minimum absolute atomic E-state index is 0. The van der Waals surface area contributed by atoms with E-state index in [4.69, 9.17) is 22.1 Å². The first-order valence-electron chi connectivity index (χ1n) is 8.95. The molecule has 3 N–H and O–H groups in total. The van der Waals surface area contributed by atoms with E-state index in [9.17, 15) is 10.1 Å². The molecule has 2 heterocycles. The molecule has 0 fully saturated rings. The highest BCUT2D eigenvalue weighted by Crippen LogP contribution is 2.21. The molecule has 9 heteroatoms. The third kappa shape index (κ3) is 5.33. The second kappa shape index (κ2) is 9.67. The number of nitrogens with one attached hydrogen (secondary N) is 1. The van der Waals surface area contributed by atoms with Crippen LogP contribution in [0.4, 0.5) is 0 Å². The number of benzene rings is 1. The number of nitrogens with two attached hydrogens (primary N) is 1. The maximum atomic E-state index is 12.5. The first kappa shape index (κ1) is 23.3. The Morgan fingerprint density at radius 2 is 2.07 bits per heavy atom. The number of nitrogens with zero attached hydrogens (tertiary/aromatic N) is 4. The Hall–Kier alpha value is -2.99. The van der Waals surface area contributed by atoms with Crippen LogP contribution in [-0.2, 0) is 16.1 Å². The molecule has 30 heavy (non-hydrogen) atoms. The summed E-state index contributed by atoms with van der Waals surface area (Å²) in [6, 6.07) is 12.6. The van der Waals surface area contributed by atoms with E-state index in [2.05, 4.69) is 15.5 Å². The number of carbonyl (C=O) groups excluding carboxylic acids is 1. The highest BCUT2D eigenvalue weighted by molar-refractivity contribution is 6.30. The fraction of sp³-hybridized carbons (Fsp3) is 0.333. The van der Waals surface area contributed by atoms with Crippen molar-refractivity contribution >= 4 is 23.2 Å². The fourth-order valence-corrected chi connectivity index (χ4v) is 2.90. The number of hydrogen-bond donors (Lipinski definition) is 2. The lowest BCUT2D eigenvalue weighted by molar-refractivity contribution is -0.126. The summed E-state index contributed by atoms with van der Waals surface area (Å²) in [4.78, 5) is 12.5. The summed E-state index contributed by atoms with van der Waals surface area (Å²) in [5.74, 6) is 0.0229. The van der Waals surface area contributed by atoms with Gasteiger partial charge in [0.2, 0.25) is 5.91 Å². The van der Waals surface area contributed by atoms with Crippen molar-refractivity contribution < 1.29 is 9.53 Å². The molecular weight excluding hydrogens is 404 g/mol. The molecular formula is C21H25ClN6O2. The number of pyridine rings is 1. The first-order valence-corrected chi connectivity index (χ1v) is 9.33. The quantitative estimate of drug-likeness (QED) is 0.597. The summed E-state index contributed by atoms with van der Waals surface area (Å²) in [5, 5.41) is 20.8. The van der Waals surface area contributed by atoms with Crippen LogP contribution < -0.4 is 11.1 Å². The maximum Gasteiger partial charge on any atom is 0.240 e. The van der Waals surface area contributed by atoms with Gasteiger partial charge >= 0.3 is 0 Å². The molecule has 8 nitrogen and oxygen atoms in total. The number of carbonyl (C=O) groups is 1. The van der Waals surface area contributed by atoms with Crippen molar-refractivity contribution in [3.63, 3.8) is 0 Å². The predicted molar refractivity (Wildman–Crippen MR) is 115 cm³/mol. The Kier molecular flexibility index (Phi) is 7.51. The molecule has 0 aliphatic heterocycles. The van der Waals surface area contributed by atoms with Crippen LogP contribution in [0.25, 0.3) is 5.65 Å². The van der Waals surface area contributed by atoms with Crippen LogP contribution in [0.15, 0.2) is 42.6 Å². The van der Waals surface area contributed by atoms with Crippen molar-refractivity contribution in [3.8, 4) is 6.07 Å². The smallest absolute Gasteiger partial charge is 0.240 e. The van der Waals surface area contributed by atoms with Crippen LogP contribution in [0, 0.1) is 11.3 Å². The van der Waals surface area contributed by atoms with Crippen molar-refractivity contribution in [1.82, 2.24) is 19.9 Å². The molecule has 3 aromatic rings. The van der Waals surface area contributed by atoms with Crippen molar-refractivity contribution in [1.29, 1.82) is 5.26 Å². The van der Waals surface area contributed by atoms with Gasteiger partial charge in [-0.05, 0) is 25.5 Å². The van der Waals surface area contributed by atoms with Crippen LogP contribution in [0.5, 0.6) is 0 Å². The molecule has 0 spiro atoms. The van der Waals surface area contributed by atoms with Gasteiger partial charge in [-0.2, -0.15) is 5.26 Å². The van der Waals surface area contributed by atoms with Gasteiger partial charge in [0, 0.05) is 6.20 Å². The predicted octanol–water partition coefficient (Wildman–Crippen LogP) is 3.00. The van der Waals surface area contributed by atoms with E-state index in [1.54, 1.807) is 24.4 Å². The van der Waals surface area contributed by atoms with Crippen molar-refractivity contribution in [2.75, 3.05) is 6.61 Å². The Labute approximate surface area is 180 Å². The van der Waals surface area contributed by atoms with Gasteiger partial charge in [-0.25, -0.2) is 0 Å². The summed E-state index contributed by atoms with van der Waals surface area (Å²) in [6.45, 7) is 3.71. The zero-order valence-corrected chi connectivity index (χ0v) is 16.8. The SMILES string of the molecule is C.CC(C)(N)C(=O)N[C@H](COCc1ccccc1)c1nnc2c(C#N)cc(Cl)cn12. The monoisotopic (exact) mass is 428 g/mol. The van der Waals surface area contributed by atoms with Gasteiger partial charge in [0.25, 0.3) is 0 Å². The van der Waals surface area contributed by atoms with E-state index in [1.807, 2.05) is 36.4 Å². The van der Waals surface area contributed by atoms with E-state index >= 15 is 0 Å². The van der Waals surface area contributed by atoms with E-state index in [0.29, 0.717) is 23.1 Å². The van der Waals surface area contributed by atoms with Crippen LogP contribution in [-0.4, -0.2) is 32.7 Å². The van der Waals surface area contributed by atoms with Crippen molar-refractivity contribution in [2.24, 2.45) is 5.73 Å². The second-order valence-electron chi connectivity index (χ2n) is 7.18. The maximum absolute atomic E-state index is 12.5. The lowest BCUT2D eigenvalue weighted by Gasteiger charge is -2.23. The van der Waals surface area contributed by atoms with Gasteiger partial charge in [0.1, 0.15) is 12.1 Å². The lowest BCUT2D eigenvalue weighted by Crippen LogP contribution is -2.50. The number of fused-ring (bicyclic) bond motifs is 1. The average Bonchev–Trinajstić information content (AvgIpc) is 3.10. The Morgan fingerprint density at radius 3 is 2.70 bits per heavy atom. The lowest BCUT2D eigenvalue weighted by atomic mass is 10.1. The van der Waals surface area contributed by atoms with E-state index in [-0.39, 0.29) is 25.5 Å². The van der Waals surface area contributed by atoms with Gasteiger partial charge in [-0.15, -0.1) is 10.2 Å². The summed E-state index contributed by atoms with van der Waals surface area (Å²) in [7, 11) is 0. The van der Waals surface area contributed by atoms with Gasteiger partial charge < -0.3 is 15.8 Å². The van der Waals surface area contributed by atoms with Gasteiger partial charge in [0.05, 0.1) is 29.3 Å². The standard InChI is InChI=1S/C20H21ClN6O2.CH4/c1-20(2,23)19(28)24-16(12-29-11-13-6-4-3-5-7-13)18-26-25-17-14(9-22)8-15(21)10-27(17)18;/h3-8,10,16H,11-12,23H2,1-2H3,(H,24,28);1H4/t16-;/m1./s1. The Balaban J connectivity index is 0.00000320. The number of amides is 1. The van der Waals surface area contributed by atoms with Gasteiger partial charge in [-0.1, -0.05) is 49.4 Å². The van der Waals surface area contributed by atoms with Gasteiger partial charge in [0.15, 0.2) is 11.5 Å². The third-order valence-corrected chi connectivity index (χ3v) is 4.42. The summed E-state index contributed by atoms with van der Waals surface area (Å²) >= 11 is 6.13. The molecule has 0 saturated carbocycles. The zero-order valence-electron chi connectivity index (χ0n) is 16.1. The van der Waals surface area contributed by atoms with Crippen LogP contribution >= 0.6 is 11.6 Å². The number of nitriles is 1. The fourth-order valence-electron chi connectivity index (χ4n) is 2.69. The Bertz CT molecular complexity index is 1050. The molecule has 1 atom stereocenters. The molecule has 0 radical (unpaired) electrons. The highest BCUT2D eigenvalue weighted by atomic mass is 35.5. The first-order chi connectivity index (χ1) is 13.8. The minimum atomic E-state index is -1.09. The van der Waals surface area contributed by atoms with Crippen LogP contribution in [0.3, 0.4) is 0 Å². The largest absolute Gasteiger partial charge is 0.374 e. The molecule has 3 rings (SSSR count). The number of rotatable bonds is 7. The van der Waals surface area contributed by atoms with Gasteiger partial charge in [-0.3, -0.25) is 9.20 Å².